The second-order valence-electron chi connectivity index (χ2n) is 11.3. The Hall–Kier alpha value is -3.57. The summed E-state index contributed by atoms with van der Waals surface area (Å²) >= 11 is 0. The third kappa shape index (κ3) is 7.15. The summed E-state index contributed by atoms with van der Waals surface area (Å²) in [5.41, 5.74) is -0.427. The summed E-state index contributed by atoms with van der Waals surface area (Å²) in [6.07, 6.45) is 3.86. The highest BCUT2D eigenvalue weighted by atomic mass is 19.4. The van der Waals surface area contributed by atoms with Gasteiger partial charge in [0.2, 0.25) is 0 Å². The smallest absolute Gasteiger partial charge is 0.378 e. The molecular weight excluding hydrogens is 569 g/mol. The van der Waals surface area contributed by atoms with Crippen molar-refractivity contribution >= 4 is 21.5 Å². The average Bonchev–Trinajstić information content (AvgIpc) is 2.96. The monoisotopic (exact) mass is 600 g/mol. The van der Waals surface area contributed by atoms with E-state index >= 15 is 8.78 Å². The molecule has 0 aliphatic carbocycles. The van der Waals surface area contributed by atoms with Gasteiger partial charge in [0.05, 0.1) is 17.2 Å². The lowest BCUT2D eigenvalue weighted by Crippen LogP contribution is -2.26. The van der Waals surface area contributed by atoms with Gasteiger partial charge in [-0.1, -0.05) is 62.4 Å². The van der Waals surface area contributed by atoms with Crippen LogP contribution in [0, 0.1) is 41.0 Å². The van der Waals surface area contributed by atoms with E-state index in [0.717, 1.165) is 49.5 Å². The van der Waals surface area contributed by atoms with E-state index in [-0.39, 0.29) is 33.4 Å². The Morgan fingerprint density at radius 3 is 2.26 bits per heavy atom. The summed E-state index contributed by atoms with van der Waals surface area (Å²) in [6, 6.07) is 10.8. The first-order chi connectivity index (χ1) is 20.5. The summed E-state index contributed by atoms with van der Waals surface area (Å²) in [4.78, 5) is 0. The van der Waals surface area contributed by atoms with E-state index in [9.17, 15) is 22.0 Å². The number of rotatable bonds is 8. The number of hydrogen-bond donors (Lipinski definition) is 0. The maximum absolute atomic E-state index is 15.7. The van der Waals surface area contributed by atoms with Crippen LogP contribution in [0.25, 0.3) is 32.7 Å². The van der Waals surface area contributed by atoms with Gasteiger partial charge < -0.3 is 4.74 Å². The van der Waals surface area contributed by atoms with Gasteiger partial charge in [0.15, 0.2) is 0 Å². The van der Waals surface area contributed by atoms with Crippen LogP contribution in [0.2, 0.25) is 0 Å². The Morgan fingerprint density at radius 2 is 1.53 bits per heavy atom. The van der Waals surface area contributed by atoms with E-state index in [1.165, 1.54) is 49.8 Å². The summed E-state index contributed by atoms with van der Waals surface area (Å²) in [6.45, 7) is 2.98. The van der Waals surface area contributed by atoms with Gasteiger partial charge in [0.1, 0.15) is 23.3 Å². The zero-order chi connectivity index (χ0) is 30.7. The Balaban J connectivity index is 1.35. The molecule has 5 rings (SSSR count). The molecular formula is C35H31F7O. The molecule has 0 aromatic heterocycles. The van der Waals surface area contributed by atoms with E-state index in [1.807, 2.05) is 0 Å². The maximum Gasteiger partial charge on any atom is 0.458 e. The summed E-state index contributed by atoms with van der Waals surface area (Å²) in [5.74, 6) is -1.29. The number of halogens is 7. The molecule has 0 N–H and O–H groups in total. The third-order valence-electron chi connectivity index (χ3n) is 8.17. The van der Waals surface area contributed by atoms with Gasteiger partial charge in [0.25, 0.3) is 0 Å². The molecule has 1 saturated heterocycles. The van der Waals surface area contributed by atoms with Crippen LogP contribution >= 0.6 is 0 Å². The van der Waals surface area contributed by atoms with Gasteiger partial charge in [-0.2, -0.15) is 13.2 Å². The average molecular weight is 601 g/mol. The van der Waals surface area contributed by atoms with Crippen molar-refractivity contribution in [1.29, 1.82) is 0 Å². The van der Waals surface area contributed by atoms with Crippen molar-refractivity contribution in [3.8, 4) is 23.0 Å². The fourth-order valence-corrected chi connectivity index (χ4v) is 5.86. The Bertz CT molecular complexity index is 1690. The molecule has 2 unspecified atom stereocenters. The van der Waals surface area contributed by atoms with Crippen molar-refractivity contribution in [3.05, 3.63) is 82.9 Å². The molecule has 43 heavy (non-hydrogen) atoms. The van der Waals surface area contributed by atoms with Crippen molar-refractivity contribution in [3.63, 3.8) is 0 Å². The molecule has 1 aliphatic heterocycles. The van der Waals surface area contributed by atoms with Crippen molar-refractivity contribution in [2.45, 2.75) is 70.6 Å². The Morgan fingerprint density at radius 1 is 0.814 bits per heavy atom. The number of ether oxygens (including phenoxy) is 1. The zero-order valence-electron chi connectivity index (χ0n) is 23.7. The van der Waals surface area contributed by atoms with Gasteiger partial charge in [0, 0.05) is 23.3 Å². The first-order valence-corrected chi connectivity index (χ1v) is 14.6. The highest BCUT2D eigenvalue weighted by Gasteiger charge is 2.25. The van der Waals surface area contributed by atoms with Crippen LogP contribution in [0.4, 0.5) is 30.7 Å². The topological polar surface area (TPSA) is 9.23 Å². The standard InChI is InChI=1S/C35H31F7O/c1-2-3-4-5-22-7-11-26(43-20-22)10-6-21-8-12-28-24(16-21)19-31(37)32(34(28)39)23-9-13-27-25(17-23)18-30(36)29(33(27)38)14-15-35(40,41)42/h8-9,12-13,16-19,22,26H,2-7,10-11,20H2,1H3. The number of hydrogen-bond acceptors (Lipinski definition) is 1. The predicted molar refractivity (Wildman–Crippen MR) is 155 cm³/mol. The van der Waals surface area contributed by atoms with E-state index in [1.54, 1.807) is 18.2 Å². The van der Waals surface area contributed by atoms with Gasteiger partial charge in [-0.3, -0.25) is 0 Å². The van der Waals surface area contributed by atoms with Crippen LogP contribution < -0.4 is 0 Å². The minimum atomic E-state index is -4.93. The molecule has 1 heterocycles. The first-order valence-electron chi connectivity index (χ1n) is 14.6. The normalized spacial score (nSPS) is 17.3. The quantitative estimate of drug-likeness (QED) is 0.111. The van der Waals surface area contributed by atoms with Gasteiger partial charge in [-0.05, 0) is 78.1 Å². The van der Waals surface area contributed by atoms with E-state index in [2.05, 4.69) is 6.92 Å². The lowest BCUT2D eigenvalue weighted by atomic mass is 9.91. The fourth-order valence-electron chi connectivity index (χ4n) is 5.86. The minimum absolute atomic E-state index is 0.0313. The van der Waals surface area contributed by atoms with Gasteiger partial charge in [-0.15, -0.1) is 0 Å². The molecule has 0 bridgehead atoms. The third-order valence-corrected chi connectivity index (χ3v) is 8.17. The lowest BCUT2D eigenvalue weighted by molar-refractivity contribution is -0.0696. The largest absolute Gasteiger partial charge is 0.458 e. The Labute approximate surface area is 246 Å². The van der Waals surface area contributed by atoms with E-state index in [0.29, 0.717) is 17.7 Å². The van der Waals surface area contributed by atoms with Crippen LogP contribution in [-0.2, 0) is 11.2 Å². The van der Waals surface area contributed by atoms with Crippen LogP contribution in [0.3, 0.4) is 0 Å². The van der Waals surface area contributed by atoms with E-state index < -0.39 is 35.0 Å². The van der Waals surface area contributed by atoms with Gasteiger partial charge in [-0.25, -0.2) is 17.6 Å². The first kappa shape index (κ1) is 30.9. The van der Waals surface area contributed by atoms with Crippen LogP contribution in [0.5, 0.6) is 0 Å². The molecule has 1 nitrogen and oxygen atoms in total. The molecule has 4 aromatic carbocycles. The minimum Gasteiger partial charge on any atom is -0.378 e. The highest BCUT2D eigenvalue weighted by molar-refractivity contribution is 5.93. The van der Waals surface area contributed by atoms with Crippen LogP contribution in [-0.4, -0.2) is 18.9 Å². The van der Waals surface area contributed by atoms with Crippen LogP contribution in [0.1, 0.15) is 63.0 Å². The molecule has 0 spiro atoms. The molecule has 4 aromatic rings. The Kier molecular flexibility index (Phi) is 9.31. The molecule has 8 heteroatoms. The predicted octanol–water partition coefficient (Wildman–Crippen LogP) is 10.4. The molecule has 0 radical (unpaired) electrons. The number of unbranched alkanes of at least 4 members (excludes halogenated alkanes) is 2. The number of benzene rings is 4. The molecule has 0 amide bonds. The number of fused-ring (bicyclic) bond motifs is 2. The van der Waals surface area contributed by atoms with Crippen molar-refractivity contribution in [2.24, 2.45) is 5.92 Å². The fraction of sp³-hybridized carbons (Fsp3) is 0.371. The summed E-state index contributed by atoms with van der Waals surface area (Å²) < 4.78 is 104. The van der Waals surface area contributed by atoms with Gasteiger partial charge >= 0.3 is 6.18 Å². The van der Waals surface area contributed by atoms with Crippen molar-refractivity contribution in [1.82, 2.24) is 0 Å². The van der Waals surface area contributed by atoms with Crippen molar-refractivity contribution in [2.75, 3.05) is 6.61 Å². The second kappa shape index (κ2) is 13.0. The molecule has 226 valence electrons. The lowest BCUT2D eigenvalue weighted by Gasteiger charge is -2.29. The summed E-state index contributed by atoms with van der Waals surface area (Å²) in [7, 11) is 0. The second-order valence-corrected chi connectivity index (χ2v) is 11.3. The zero-order valence-corrected chi connectivity index (χ0v) is 23.7. The number of aryl methyl sites for hydroxylation is 1. The SMILES string of the molecule is CCCCCC1CCC(CCc2ccc3c(F)c(-c4ccc5c(F)c(C#CC(F)(F)F)c(F)cc5c4)c(F)cc3c2)OC1. The molecule has 0 saturated carbocycles. The molecule has 1 fully saturated rings. The summed E-state index contributed by atoms with van der Waals surface area (Å²) in [5, 5.41) is 0.287. The van der Waals surface area contributed by atoms with Crippen LogP contribution in [0.15, 0.2) is 48.5 Å². The highest BCUT2D eigenvalue weighted by Crippen LogP contribution is 2.36. The van der Waals surface area contributed by atoms with Crippen molar-refractivity contribution < 1.29 is 35.5 Å². The van der Waals surface area contributed by atoms with E-state index in [4.69, 9.17) is 4.74 Å². The molecule has 2 atom stereocenters. The number of alkyl halides is 3. The molecule has 1 aliphatic rings. The maximum atomic E-state index is 15.7.